The minimum atomic E-state index is -3.78. The fourth-order valence-electron chi connectivity index (χ4n) is 3.41. The van der Waals surface area contributed by atoms with Gasteiger partial charge < -0.3 is 4.42 Å². The van der Waals surface area contributed by atoms with E-state index in [0.717, 1.165) is 16.7 Å². The molecule has 1 unspecified atom stereocenters. The van der Waals surface area contributed by atoms with E-state index in [1.165, 1.54) is 4.31 Å². The lowest BCUT2D eigenvalue weighted by molar-refractivity contribution is -0.119. The summed E-state index contributed by atoms with van der Waals surface area (Å²) < 4.78 is 32.8. The average Bonchev–Trinajstić information content (AvgIpc) is 3.39. The van der Waals surface area contributed by atoms with Crippen molar-refractivity contribution in [1.29, 1.82) is 0 Å². The van der Waals surface area contributed by atoms with Gasteiger partial charge in [-0.3, -0.25) is 10.1 Å². The first-order chi connectivity index (χ1) is 14.3. The molecule has 4 rings (SSSR count). The van der Waals surface area contributed by atoms with E-state index in [2.05, 4.69) is 15.5 Å². The lowest BCUT2D eigenvalue weighted by Crippen LogP contribution is -2.43. The van der Waals surface area contributed by atoms with Gasteiger partial charge in [-0.15, -0.1) is 5.10 Å². The molecule has 1 aliphatic rings. The largest absolute Gasteiger partial charge is 0.403 e. The molecule has 1 atom stereocenters. The predicted molar refractivity (Wildman–Crippen MR) is 111 cm³/mol. The number of rotatable bonds is 5. The Hall–Kier alpha value is -3.04. The Morgan fingerprint density at radius 2 is 1.67 bits per heavy atom. The van der Waals surface area contributed by atoms with Crippen molar-refractivity contribution in [2.24, 2.45) is 0 Å². The molecule has 1 aliphatic heterocycles. The lowest BCUT2D eigenvalue weighted by Gasteiger charge is -2.22. The molecule has 2 aromatic carbocycles. The number of amides is 1. The van der Waals surface area contributed by atoms with Gasteiger partial charge in [0.25, 0.3) is 0 Å². The first-order valence-electron chi connectivity index (χ1n) is 9.64. The predicted octanol–water partition coefficient (Wildman–Crippen LogP) is 3.15. The molecule has 1 aromatic heterocycles. The molecule has 1 fully saturated rings. The van der Waals surface area contributed by atoms with Crippen LogP contribution >= 0.6 is 0 Å². The van der Waals surface area contributed by atoms with Crippen LogP contribution in [0.1, 0.15) is 24.0 Å². The quantitative estimate of drug-likeness (QED) is 0.672. The van der Waals surface area contributed by atoms with Gasteiger partial charge in [0.2, 0.25) is 21.8 Å². The maximum Gasteiger partial charge on any atom is 0.322 e. The SMILES string of the molecule is Cc1ccc(-c2nnc(NC(=O)C3CCCN3S(=O)(=O)c3ccc(C)cc3)o2)cc1. The monoisotopic (exact) mass is 426 g/mol. The second-order valence-corrected chi connectivity index (χ2v) is 9.25. The highest BCUT2D eigenvalue weighted by Gasteiger charge is 2.39. The van der Waals surface area contributed by atoms with E-state index in [0.29, 0.717) is 12.8 Å². The molecule has 0 spiro atoms. The highest BCUT2D eigenvalue weighted by molar-refractivity contribution is 7.89. The van der Waals surface area contributed by atoms with Gasteiger partial charge in [0.1, 0.15) is 6.04 Å². The third-order valence-electron chi connectivity index (χ3n) is 5.09. The van der Waals surface area contributed by atoms with Gasteiger partial charge in [-0.2, -0.15) is 4.31 Å². The number of nitrogens with zero attached hydrogens (tertiary/aromatic N) is 3. The van der Waals surface area contributed by atoms with Crippen molar-refractivity contribution in [3.05, 3.63) is 59.7 Å². The van der Waals surface area contributed by atoms with E-state index in [4.69, 9.17) is 4.42 Å². The third kappa shape index (κ3) is 3.99. The number of hydrogen-bond acceptors (Lipinski definition) is 6. The molecule has 30 heavy (non-hydrogen) atoms. The van der Waals surface area contributed by atoms with Crippen LogP contribution in [0.5, 0.6) is 0 Å². The zero-order chi connectivity index (χ0) is 21.3. The normalized spacial score (nSPS) is 17.2. The second-order valence-electron chi connectivity index (χ2n) is 7.35. The third-order valence-corrected chi connectivity index (χ3v) is 7.01. The molecule has 1 saturated heterocycles. The van der Waals surface area contributed by atoms with Crippen molar-refractivity contribution >= 4 is 21.9 Å². The molecule has 1 amide bonds. The Bertz CT molecular complexity index is 1150. The molecular formula is C21H22N4O4S. The fraction of sp³-hybridized carbons (Fsp3) is 0.286. The molecular weight excluding hydrogens is 404 g/mol. The van der Waals surface area contributed by atoms with E-state index in [1.54, 1.807) is 24.3 Å². The Morgan fingerprint density at radius 1 is 1.03 bits per heavy atom. The van der Waals surface area contributed by atoms with Crippen LogP contribution in [0.15, 0.2) is 57.8 Å². The zero-order valence-electron chi connectivity index (χ0n) is 16.7. The molecule has 0 radical (unpaired) electrons. The van der Waals surface area contributed by atoms with Gasteiger partial charge >= 0.3 is 6.01 Å². The maximum atomic E-state index is 13.0. The van der Waals surface area contributed by atoms with Gasteiger partial charge in [-0.05, 0) is 51.0 Å². The zero-order valence-corrected chi connectivity index (χ0v) is 17.5. The van der Waals surface area contributed by atoms with Gasteiger partial charge in [0, 0.05) is 12.1 Å². The van der Waals surface area contributed by atoms with Gasteiger partial charge in [-0.1, -0.05) is 40.5 Å². The fourth-order valence-corrected chi connectivity index (χ4v) is 5.07. The number of hydrogen-bond donors (Lipinski definition) is 1. The van der Waals surface area contributed by atoms with Crippen molar-refractivity contribution in [3.63, 3.8) is 0 Å². The summed E-state index contributed by atoms with van der Waals surface area (Å²) in [7, 11) is -3.78. The van der Waals surface area contributed by atoms with E-state index in [1.807, 2.05) is 38.1 Å². The number of benzene rings is 2. The molecule has 156 valence electrons. The highest BCUT2D eigenvalue weighted by Crippen LogP contribution is 2.27. The molecule has 3 aromatic rings. The van der Waals surface area contributed by atoms with Crippen LogP contribution in [0.3, 0.4) is 0 Å². The van der Waals surface area contributed by atoms with Crippen LogP contribution in [-0.4, -0.2) is 41.4 Å². The van der Waals surface area contributed by atoms with Crippen molar-refractivity contribution in [2.45, 2.75) is 37.6 Å². The first kappa shape index (κ1) is 20.2. The van der Waals surface area contributed by atoms with Gasteiger partial charge in [0.05, 0.1) is 4.90 Å². The number of aryl methyl sites for hydroxylation is 2. The second kappa shape index (κ2) is 8.00. The average molecular weight is 426 g/mol. The highest BCUT2D eigenvalue weighted by atomic mass is 32.2. The van der Waals surface area contributed by atoms with E-state index in [-0.39, 0.29) is 23.3 Å². The number of sulfonamides is 1. The van der Waals surface area contributed by atoms with E-state index < -0.39 is 22.0 Å². The number of carbonyl (C=O) groups excluding carboxylic acids is 1. The molecule has 2 heterocycles. The summed E-state index contributed by atoms with van der Waals surface area (Å²) in [5, 5.41) is 10.4. The summed E-state index contributed by atoms with van der Waals surface area (Å²) in [6.07, 6.45) is 1.03. The summed E-state index contributed by atoms with van der Waals surface area (Å²) in [5.74, 6) is -0.205. The molecule has 0 bridgehead atoms. The van der Waals surface area contributed by atoms with Gasteiger partial charge in [0.15, 0.2) is 0 Å². The number of nitrogens with one attached hydrogen (secondary N) is 1. The number of aromatic nitrogens is 2. The summed E-state index contributed by atoms with van der Waals surface area (Å²) in [6, 6.07) is 13.2. The number of anilines is 1. The summed E-state index contributed by atoms with van der Waals surface area (Å²) >= 11 is 0. The molecule has 9 heteroatoms. The molecule has 8 nitrogen and oxygen atoms in total. The minimum absolute atomic E-state index is 0.0600. The first-order valence-corrected chi connectivity index (χ1v) is 11.1. The van der Waals surface area contributed by atoms with Gasteiger partial charge in [-0.25, -0.2) is 8.42 Å². The Kier molecular flexibility index (Phi) is 5.40. The van der Waals surface area contributed by atoms with Crippen molar-refractivity contribution in [1.82, 2.24) is 14.5 Å². The molecule has 0 aliphatic carbocycles. The van der Waals surface area contributed by atoms with E-state index in [9.17, 15) is 13.2 Å². The molecule has 1 N–H and O–H groups in total. The van der Waals surface area contributed by atoms with Crippen LogP contribution < -0.4 is 5.32 Å². The molecule has 0 saturated carbocycles. The Balaban J connectivity index is 1.50. The van der Waals surface area contributed by atoms with Crippen LogP contribution in [0.4, 0.5) is 6.01 Å². The van der Waals surface area contributed by atoms with Crippen molar-refractivity contribution in [2.75, 3.05) is 11.9 Å². The summed E-state index contributed by atoms with van der Waals surface area (Å²) in [4.78, 5) is 13.0. The summed E-state index contributed by atoms with van der Waals surface area (Å²) in [6.45, 7) is 4.14. The van der Waals surface area contributed by atoms with Crippen LogP contribution in [0.25, 0.3) is 11.5 Å². The van der Waals surface area contributed by atoms with Crippen LogP contribution in [-0.2, 0) is 14.8 Å². The lowest BCUT2D eigenvalue weighted by atomic mass is 10.1. The Morgan fingerprint density at radius 3 is 2.33 bits per heavy atom. The topological polar surface area (TPSA) is 105 Å². The minimum Gasteiger partial charge on any atom is -0.403 e. The van der Waals surface area contributed by atoms with Crippen LogP contribution in [0, 0.1) is 13.8 Å². The number of carbonyl (C=O) groups is 1. The maximum absolute atomic E-state index is 13.0. The Labute approximate surface area is 175 Å². The summed E-state index contributed by atoms with van der Waals surface area (Å²) in [5.41, 5.74) is 2.80. The van der Waals surface area contributed by atoms with Crippen molar-refractivity contribution < 1.29 is 17.6 Å². The van der Waals surface area contributed by atoms with E-state index >= 15 is 0 Å². The van der Waals surface area contributed by atoms with Crippen LogP contribution in [0.2, 0.25) is 0 Å². The van der Waals surface area contributed by atoms with Crippen molar-refractivity contribution in [3.8, 4) is 11.5 Å². The smallest absolute Gasteiger partial charge is 0.322 e. The standard InChI is InChI=1S/C21H22N4O4S/c1-14-5-9-16(10-6-14)20-23-24-21(29-20)22-19(26)18-4-3-13-25(18)30(27,28)17-11-7-15(2)8-12-17/h5-12,18H,3-4,13H2,1-2H3,(H,22,24,26).